The van der Waals surface area contributed by atoms with E-state index in [4.69, 9.17) is 9.40 Å². The van der Waals surface area contributed by atoms with Crippen molar-refractivity contribution in [3.63, 3.8) is 0 Å². The Kier molecular flexibility index (Phi) is 6.73. The smallest absolute Gasteiger partial charge is 0.290 e. The summed E-state index contributed by atoms with van der Waals surface area (Å²) in [5.41, 5.74) is 2.25. The fourth-order valence-corrected chi connectivity index (χ4v) is 4.13. The predicted octanol–water partition coefficient (Wildman–Crippen LogP) is 5.68. The first-order valence-electron chi connectivity index (χ1n) is 11.4. The second kappa shape index (κ2) is 9.86. The molecule has 2 aromatic carbocycles. The molecule has 6 nitrogen and oxygen atoms in total. The number of hydrogen-bond donors (Lipinski definition) is 0. The Balaban J connectivity index is 1.89. The van der Waals surface area contributed by atoms with Gasteiger partial charge in [-0.3, -0.25) is 14.2 Å². The predicted molar refractivity (Wildman–Crippen MR) is 130 cm³/mol. The molecule has 170 valence electrons. The summed E-state index contributed by atoms with van der Waals surface area (Å²) < 4.78 is 7.05. The minimum Gasteiger partial charge on any atom is -0.459 e. The average molecular weight is 444 g/mol. The van der Waals surface area contributed by atoms with Crippen LogP contribution in [0.3, 0.4) is 0 Å². The minimum absolute atomic E-state index is 0.146. The maximum Gasteiger partial charge on any atom is 0.290 e. The highest BCUT2D eigenvalue weighted by Gasteiger charge is 2.28. The van der Waals surface area contributed by atoms with E-state index in [9.17, 15) is 9.59 Å². The number of aryl methyl sites for hydroxylation is 1. The molecule has 1 atom stereocenters. The van der Waals surface area contributed by atoms with Gasteiger partial charge in [0.15, 0.2) is 5.76 Å². The summed E-state index contributed by atoms with van der Waals surface area (Å²) in [5.74, 6) is 0.603. The number of rotatable bonds is 8. The lowest BCUT2D eigenvalue weighted by molar-refractivity contribution is 0.0644. The zero-order valence-electron chi connectivity index (χ0n) is 19.3. The number of furan rings is 1. The lowest BCUT2D eigenvalue weighted by atomic mass is 10.1. The van der Waals surface area contributed by atoms with Crippen molar-refractivity contribution in [2.75, 3.05) is 6.54 Å². The van der Waals surface area contributed by atoms with Crippen molar-refractivity contribution >= 4 is 16.8 Å². The number of para-hydroxylation sites is 1. The molecule has 33 heavy (non-hydrogen) atoms. The Bertz CT molecular complexity index is 1310. The molecule has 0 radical (unpaired) electrons. The molecule has 1 unspecified atom stereocenters. The zero-order valence-corrected chi connectivity index (χ0v) is 19.3. The molecule has 0 aliphatic rings. The van der Waals surface area contributed by atoms with E-state index in [0.717, 1.165) is 30.5 Å². The highest BCUT2D eigenvalue weighted by atomic mass is 16.3. The second-order valence-corrected chi connectivity index (χ2v) is 8.33. The highest BCUT2D eigenvalue weighted by molar-refractivity contribution is 5.91. The lowest BCUT2D eigenvalue weighted by Gasteiger charge is -2.30. The van der Waals surface area contributed by atoms with Crippen LogP contribution in [0.1, 0.15) is 61.1 Å². The molecule has 0 aliphatic heterocycles. The van der Waals surface area contributed by atoms with Crippen molar-refractivity contribution in [3.8, 4) is 5.69 Å². The number of carbonyl (C=O) groups excluding carboxylic acids is 1. The first kappa shape index (κ1) is 22.5. The SMILES string of the molecule is CCCCCN(C(=O)c1ccco1)C(C)c1nc2ccccc2c(=O)n1-c1cccc(C)c1. The van der Waals surface area contributed by atoms with Gasteiger partial charge in [-0.2, -0.15) is 0 Å². The molecule has 0 saturated heterocycles. The fraction of sp³-hybridized carbons (Fsp3) is 0.296. The third-order valence-electron chi connectivity index (χ3n) is 5.90. The van der Waals surface area contributed by atoms with Crippen LogP contribution in [0, 0.1) is 6.92 Å². The van der Waals surface area contributed by atoms with Crippen LogP contribution in [0.4, 0.5) is 0 Å². The number of hydrogen-bond acceptors (Lipinski definition) is 4. The van der Waals surface area contributed by atoms with Crippen LogP contribution in [-0.4, -0.2) is 26.9 Å². The Labute approximate surface area is 193 Å². The minimum atomic E-state index is -0.447. The van der Waals surface area contributed by atoms with Gasteiger partial charge in [0.1, 0.15) is 5.82 Å². The summed E-state index contributed by atoms with van der Waals surface area (Å²) in [7, 11) is 0. The van der Waals surface area contributed by atoms with E-state index >= 15 is 0 Å². The molecule has 0 bridgehead atoms. The van der Waals surface area contributed by atoms with Crippen molar-refractivity contribution in [2.45, 2.75) is 46.1 Å². The zero-order chi connectivity index (χ0) is 23.4. The fourth-order valence-electron chi connectivity index (χ4n) is 4.13. The molecule has 4 aromatic rings. The molecule has 1 amide bonds. The van der Waals surface area contributed by atoms with Crippen molar-refractivity contribution in [1.82, 2.24) is 14.5 Å². The molecule has 0 N–H and O–H groups in total. The second-order valence-electron chi connectivity index (χ2n) is 8.33. The van der Waals surface area contributed by atoms with Gasteiger partial charge in [-0.25, -0.2) is 4.98 Å². The monoisotopic (exact) mass is 443 g/mol. The molecule has 4 rings (SSSR count). The Hall–Kier alpha value is -3.67. The first-order chi connectivity index (χ1) is 16.0. The topological polar surface area (TPSA) is 68.3 Å². The van der Waals surface area contributed by atoms with Gasteiger partial charge in [0.2, 0.25) is 0 Å². The summed E-state index contributed by atoms with van der Waals surface area (Å²) in [6.07, 6.45) is 4.40. The number of fused-ring (bicyclic) bond motifs is 1. The van der Waals surface area contributed by atoms with Crippen LogP contribution in [0.25, 0.3) is 16.6 Å². The molecular formula is C27H29N3O3. The van der Waals surface area contributed by atoms with Crippen molar-refractivity contribution in [2.24, 2.45) is 0 Å². The largest absolute Gasteiger partial charge is 0.459 e. The number of nitrogens with zero attached hydrogens (tertiary/aromatic N) is 3. The third-order valence-corrected chi connectivity index (χ3v) is 5.90. The molecule has 6 heteroatoms. The maximum atomic E-state index is 13.6. The number of aromatic nitrogens is 2. The van der Waals surface area contributed by atoms with Gasteiger partial charge in [0.05, 0.1) is 28.9 Å². The van der Waals surface area contributed by atoms with Crippen molar-refractivity contribution in [3.05, 3.63) is 94.4 Å². The highest BCUT2D eigenvalue weighted by Crippen LogP contribution is 2.25. The van der Waals surface area contributed by atoms with E-state index in [2.05, 4.69) is 6.92 Å². The van der Waals surface area contributed by atoms with Gasteiger partial charge in [-0.1, -0.05) is 44.0 Å². The summed E-state index contributed by atoms with van der Waals surface area (Å²) >= 11 is 0. The molecule has 0 aliphatic carbocycles. The molecular weight excluding hydrogens is 414 g/mol. The standard InChI is InChI=1S/C27H29N3O3/c1-4-5-8-16-29(27(32)24-15-10-17-33-24)20(3)25-28-23-14-7-6-13-22(23)26(31)30(25)21-12-9-11-19(2)18-21/h6-7,9-15,17-18,20H,4-5,8,16H2,1-3H3. The van der Waals surface area contributed by atoms with E-state index < -0.39 is 6.04 Å². The molecule has 0 saturated carbocycles. The normalized spacial score (nSPS) is 12.1. The van der Waals surface area contributed by atoms with Gasteiger partial charge < -0.3 is 9.32 Å². The number of carbonyl (C=O) groups is 1. The summed E-state index contributed by atoms with van der Waals surface area (Å²) in [5, 5.41) is 0.546. The summed E-state index contributed by atoms with van der Waals surface area (Å²) in [6.45, 7) is 6.59. The molecule has 2 aromatic heterocycles. The van der Waals surface area contributed by atoms with Gasteiger partial charge >= 0.3 is 0 Å². The van der Waals surface area contributed by atoms with E-state index in [1.165, 1.54) is 6.26 Å². The first-order valence-corrected chi connectivity index (χ1v) is 11.4. The number of amides is 1. The third kappa shape index (κ3) is 4.60. The van der Waals surface area contributed by atoms with Gasteiger partial charge in [-0.05, 0) is 62.2 Å². The molecule has 2 heterocycles. The van der Waals surface area contributed by atoms with Gasteiger partial charge in [0.25, 0.3) is 11.5 Å². The van der Waals surface area contributed by atoms with Crippen LogP contribution in [0.2, 0.25) is 0 Å². The van der Waals surface area contributed by atoms with Crippen molar-refractivity contribution in [1.29, 1.82) is 0 Å². The van der Waals surface area contributed by atoms with Crippen LogP contribution in [-0.2, 0) is 0 Å². The summed E-state index contributed by atoms with van der Waals surface area (Å²) in [4.78, 5) is 33.7. The van der Waals surface area contributed by atoms with Crippen LogP contribution >= 0.6 is 0 Å². The van der Waals surface area contributed by atoms with Crippen molar-refractivity contribution < 1.29 is 9.21 Å². The van der Waals surface area contributed by atoms with Crippen LogP contribution < -0.4 is 5.56 Å². The van der Waals surface area contributed by atoms with Crippen LogP contribution in [0.5, 0.6) is 0 Å². The van der Waals surface area contributed by atoms with E-state index in [-0.39, 0.29) is 17.2 Å². The van der Waals surface area contributed by atoms with E-state index in [1.807, 2.05) is 56.3 Å². The Morgan fingerprint density at radius 1 is 1.09 bits per heavy atom. The quantitative estimate of drug-likeness (QED) is 0.329. The maximum absolute atomic E-state index is 13.6. The summed E-state index contributed by atoms with van der Waals surface area (Å²) in [6, 6.07) is 18.0. The number of unbranched alkanes of at least 4 members (excludes halogenated alkanes) is 2. The Morgan fingerprint density at radius 2 is 1.91 bits per heavy atom. The Morgan fingerprint density at radius 3 is 2.64 bits per heavy atom. The van der Waals surface area contributed by atoms with Gasteiger partial charge in [-0.15, -0.1) is 0 Å². The number of benzene rings is 2. The van der Waals surface area contributed by atoms with Gasteiger partial charge in [0, 0.05) is 6.54 Å². The van der Waals surface area contributed by atoms with Crippen LogP contribution in [0.15, 0.2) is 76.1 Å². The van der Waals surface area contributed by atoms with E-state index in [0.29, 0.717) is 23.3 Å². The van der Waals surface area contributed by atoms with E-state index in [1.54, 1.807) is 27.7 Å². The molecule has 0 spiro atoms. The lowest BCUT2D eigenvalue weighted by Crippen LogP contribution is -2.38. The molecule has 0 fully saturated rings. The average Bonchev–Trinajstić information content (AvgIpc) is 3.36.